The molecule has 1 fully saturated rings. The van der Waals surface area contributed by atoms with Gasteiger partial charge in [0.25, 0.3) is 0 Å². The molecule has 1 unspecified atom stereocenters. The highest BCUT2D eigenvalue weighted by Crippen LogP contribution is 2.19. The molecule has 102 valence electrons. The molecule has 5 nitrogen and oxygen atoms in total. The van der Waals surface area contributed by atoms with Gasteiger partial charge in [-0.25, -0.2) is 8.42 Å². The lowest BCUT2D eigenvalue weighted by Gasteiger charge is -2.11. The summed E-state index contributed by atoms with van der Waals surface area (Å²) in [4.78, 5) is 0. The van der Waals surface area contributed by atoms with E-state index in [4.69, 9.17) is 0 Å². The molecule has 0 amide bonds. The van der Waals surface area contributed by atoms with Gasteiger partial charge in [0.15, 0.2) is 9.84 Å². The fraction of sp³-hybridized carbons (Fsp3) is 0.750. The average molecular weight is 271 g/mol. The van der Waals surface area contributed by atoms with Gasteiger partial charge in [0.05, 0.1) is 22.4 Å². The Morgan fingerprint density at radius 3 is 2.94 bits per heavy atom. The molecule has 0 saturated carbocycles. The largest absolute Gasteiger partial charge is 0.310 e. The van der Waals surface area contributed by atoms with Crippen molar-refractivity contribution in [2.75, 3.05) is 12.3 Å². The highest BCUT2D eigenvalue weighted by atomic mass is 32.2. The number of nitrogens with one attached hydrogen (secondary N) is 1. The van der Waals surface area contributed by atoms with Gasteiger partial charge < -0.3 is 5.32 Å². The molecule has 18 heavy (non-hydrogen) atoms. The standard InChI is InChI=1S/C12H21N3O2S/c1-3-15-11(7-10(2)14-15)8-13-9-12-5-4-6-18(12,16)17/h7,12-13H,3-6,8-9H2,1-2H3. The highest BCUT2D eigenvalue weighted by Gasteiger charge is 2.30. The van der Waals surface area contributed by atoms with Crippen molar-refractivity contribution in [2.45, 2.75) is 45.0 Å². The van der Waals surface area contributed by atoms with E-state index in [-0.39, 0.29) is 5.25 Å². The van der Waals surface area contributed by atoms with E-state index in [1.165, 1.54) is 0 Å². The fourth-order valence-corrected chi connectivity index (χ4v) is 4.26. The van der Waals surface area contributed by atoms with Crippen molar-refractivity contribution in [3.8, 4) is 0 Å². The van der Waals surface area contributed by atoms with E-state index in [9.17, 15) is 8.42 Å². The molecule has 1 atom stereocenters. The summed E-state index contributed by atoms with van der Waals surface area (Å²) in [6.07, 6.45) is 1.60. The normalized spacial score (nSPS) is 22.4. The van der Waals surface area contributed by atoms with Crippen LogP contribution in [0.4, 0.5) is 0 Å². The van der Waals surface area contributed by atoms with Crippen molar-refractivity contribution < 1.29 is 8.42 Å². The Morgan fingerprint density at radius 2 is 2.33 bits per heavy atom. The first-order valence-corrected chi connectivity index (χ1v) is 8.20. The second-order valence-electron chi connectivity index (χ2n) is 4.85. The number of aromatic nitrogens is 2. The number of hydrogen-bond acceptors (Lipinski definition) is 4. The van der Waals surface area contributed by atoms with E-state index >= 15 is 0 Å². The molecule has 1 aliphatic rings. The van der Waals surface area contributed by atoms with Gasteiger partial charge in [-0.1, -0.05) is 0 Å². The lowest BCUT2D eigenvalue weighted by Crippen LogP contribution is -2.30. The van der Waals surface area contributed by atoms with Crippen LogP contribution in [0.1, 0.15) is 31.2 Å². The summed E-state index contributed by atoms with van der Waals surface area (Å²) >= 11 is 0. The third-order valence-corrected chi connectivity index (χ3v) is 5.70. The van der Waals surface area contributed by atoms with Crippen LogP contribution in [-0.4, -0.2) is 35.7 Å². The quantitative estimate of drug-likeness (QED) is 0.863. The van der Waals surface area contributed by atoms with Gasteiger partial charge >= 0.3 is 0 Å². The van der Waals surface area contributed by atoms with Gasteiger partial charge in [0.1, 0.15) is 0 Å². The van der Waals surface area contributed by atoms with Crippen LogP contribution in [0.25, 0.3) is 0 Å². The van der Waals surface area contributed by atoms with Crippen LogP contribution >= 0.6 is 0 Å². The van der Waals surface area contributed by atoms with Crippen molar-refractivity contribution in [1.29, 1.82) is 0 Å². The van der Waals surface area contributed by atoms with Gasteiger partial charge in [0, 0.05) is 19.6 Å². The summed E-state index contributed by atoms with van der Waals surface area (Å²) in [7, 11) is -2.84. The molecule has 1 aromatic rings. The summed E-state index contributed by atoms with van der Waals surface area (Å²) in [6.45, 7) is 6.10. The minimum atomic E-state index is -2.84. The van der Waals surface area contributed by atoms with E-state index in [1.54, 1.807) is 0 Å². The smallest absolute Gasteiger partial charge is 0.154 e. The first kappa shape index (κ1) is 13.5. The predicted octanol–water partition coefficient (Wildman–Crippen LogP) is 0.878. The van der Waals surface area contributed by atoms with Crippen LogP contribution in [-0.2, 0) is 22.9 Å². The maximum atomic E-state index is 11.7. The number of hydrogen-bond donors (Lipinski definition) is 1. The minimum absolute atomic E-state index is 0.198. The van der Waals surface area contributed by atoms with Crippen LogP contribution in [0.3, 0.4) is 0 Å². The zero-order chi connectivity index (χ0) is 13.2. The second kappa shape index (κ2) is 5.40. The topological polar surface area (TPSA) is 64.0 Å². The number of aryl methyl sites for hydroxylation is 2. The minimum Gasteiger partial charge on any atom is -0.310 e. The van der Waals surface area contributed by atoms with Gasteiger partial charge in [-0.3, -0.25) is 4.68 Å². The third-order valence-electron chi connectivity index (χ3n) is 3.43. The molecule has 1 aromatic heterocycles. The third kappa shape index (κ3) is 2.92. The maximum absolute atomic E-state index is 11.7. The van der Waals surface area contributed by atoms with Gasteiger partial charge in [0.2, 0.25) is 0 Å². The SMILES string of the molecule is CCn1nc(C)cc1CNCC1CCCS1(=O)=O. The van der Waals surface area contributed by atoms with Crippen LogP contribution < -0.4 is 5.32 Å². The monoisotopic (exact) mass is 271 g/mol. The molecule has 0 bridgehead atoms. The Labute approximate surface area is 108 Å². The van der Waals surface area contributed by atoms with Crippen LogP contribution in [0.2, 0.25) is 0 Å². The summed E-state index contributed by atoms with van der Waals surface area (Å²) < 4.78 is 25.3. The summed E-state index contributed by atoms with van der Waals surface area (Å²) in [5.74, 6) is 0.353. The van der Waals surface area contributed by atoms with Crippen molar-refractivity contribution in [1.82, 2.24) is 15.1 Å². The average Bonchev–Trinajstić information content (AvgIpc) is 2.82. The second-order valence-corrected chi connectivity index (χ2v) is 7.26. The Kier molecular flexibility index (Phi) is 4.07. The molecule has 0 spiro atoms. The molecular formula is C12H21N3O2S. The predicted molar refractivity (Wildman–Crippen MR) is 71.2 cm³/mol. The molecule has 2 heterocycles. The van der Waals surface area contributed by atoms with E-state index in [0.29, 0.717) is 18.8 Å². The first-order valence-electron chi connectivity index (χ1n) is 6.48. The van der Waals surface area contributed by atoms with Crippen LogP contribution in [0, 0.1) is 6.92 Å². The molecule has 0 aromatic carbocycles. The fourth-order valence-electron chi connectivity index (χ4n) is 2.46. The Hall–Kier alpha value is -0.880. The molecule has 6 heteroatoms. The highest BCUT2D eigenvalue weighted by molar-refractivity contribution is 7.92. The Morgan fingerprint density at radius 1 is 1.56 bits per heavy atom. The molecule has 1 saturated heterocycles. The van der Waals surface area contributed by atoms with Crippen molar-refractivity contribution >= 4 is 9.84 Å². The number of nitrogens with zero attached hydrogens (tertiary/aromatic N) is 2. The summed E-state index contributed by atoms with van der Waals surface area (Å²) in [5, 5.41) is 7.42. The van der Waals surface area contributed by atoms with Crippen molar-refractivity contribution in [3.63, 3.8) is 0 Å². The zero-order valence-corrected chi connectivity index (χ0v) is 11.8. The zero-order valence-electron chi connectivity index (χ0n) is 11.0. The van der Waals surface area contributed by atoms with Gasteiger partial charge in [-0.05, 0) is 32.8 Å². The number of rotatable bonds is 5. The van der Waals surface area contributed by atoms with Crippen LogP contribution in [0.5, 0.6) is 0 Å². The lowest BCUT2D eigenvalue weighted by atomic mass is 10.2. The van der Waals surface area contributed by atoms with E-state index in [1.807, 2.05) is 17.7 Å². The molecule has 1 N–H and O–H groups in total. The Balaban J connectivity index is 1.89. The maximum Gasteiger partial charge on any atom is 0.154 e. The summed E-state index contributed by atoms with van der Waals surface area (Å²) in [6, 6.07) is 2.04. The van der Waals surface area contributed by atoms with E-state index < -0.39 is 9.84 Å². The first-order chi connectivity index (χ1) is 8.53. The molecule has 0 aliphatic carbocycles. The molecule has 0 radical (unpaired) electrons. The molecular weight excluding hydrogens is 250 g/mol. The lowest BCUT2D eigenvalue weighted by molar-refractivity contribution is 0.554. The van der Waals surface area contributed by atoms with Crippen LogP contribution in [0.15, 0.2) is 6.07 Å². The van der Waals surface area contributed by atoms with E-state index in [2.05, 4.69) is 17.3 Å². The molecule has 2 rings (SSSR count). The van der Waals surface area contributed by atoms with E-state index in [0.717, 1.165) is 30.8 Å². The Bertz CT molecular complexity index is 507. The van der Waals surface area contributed by atoms with Gasteiger partial charge in [-0.15, -0.1) is 0 Å². The van der Waals surface area contributed by atoms with Crippen molar-refractivity contribution in [3.05, 3.63) is 17.5 Å². The van der Waals surface area contributed by atoms with Crippen molar-refractivity contribution in [2.24, 2.45) is 0 Å². The summed E-state index contributed by atoms with van der Waals surface area (Å²) in [5.41, 5.74) is 2.12. The van der Waals surface area contributed by atoms with Gasteiger partial charge in [-0.2, -0.15) is 5.10 Å². The number of sulfone groups is 1. The molecule has 1 aliphatic heterocycles.